The average Bonchev–Trinajstić information content (AvgIpc) is 2.43. The first-order chi connectivity index (χ1) is 9.06. The van der Waals surface area contributed by atoms with Gasteiger partial charge in [0.1, 0.15) is 0 Å². The Hall–Kier alpha value is -0.700. The Morgan fingerprint density at radius 3 is 2.95 bits per heavy atom. The van der Waals surface area contributed by atoms with Crippen LogP contribution in [-0.4, -0.2) is 35.4 Å². The molecule has 2 fully saturated rings. The molecule has 0 aromatic rings. The summed E-state index contributed by atoms with van der Waals surface area (Å²) in [5, 5.41) is 0.654. The normalized spacial score (nSPS) is 38.3. The highest BCUT2D eigenvalue weighted by Crippen LogP contribution is 2.52. The van der Waals surface area contributed by atoms with Crippen LogP contribution in [0.3, 0.4) is 0 Å². The van der Waals surface area contributed by atoms with Gasteiger partial charge in [0.2, 0.25) is 5.91 Å². The van der Waals surface area contributed by atoms with Crippen molar-refractivity contribution in [2.75, 3.05) is 13.3 Å². The summed E-state index contributed by atoms with van der Waals surface area (Å²) in [5.41, 5.74) is 3.30. The van der Waals surface area contributed by atoms with E-state index in [-0.39, 0.29) is 5.41 Å². The SMILES string of the molecule is CSC1C=C2CC[C@H]3N(C)C(=O)CC[C@]3(C)C2=CC1. The number of likely N-dealkylation sites (tertiary alicyclic amines) is 1. The summed E-state index contributed by atoms with van der Waals surface area (Å²) in [6.45, 7) is 2.37. The summed E-state index contributed by atoms with van der Waals surface area (Å²) in [6, 6.07) is 0.406. The monoisotopic (exact) mass is 277 g/mol. The number of carbonyl (C=O) groups excluding carboxylic acids is 1. The second-order valence-electron chi connectivity index (χ2n) is 6.30. The zero-order chi connectivity index (χ0) is 13.6. The quantitative estimate of drug-likeness (QED) is 0.732. The fourth-order valence-corrected chi connectivity index (χ4v) is 4.75. The molecule has 0 bridgehead atoms. The molecule has 3 rings (SSSR count). The number of allylic oxidation sites excluding steroid dienone is 2. The van der Waals surface area contributed by atoms with Gasteiger partial charge in [-0.25, -0.2) is 0 Å². The molecule has 0 spiro atoms. The number of nitrogens with zero attached hydrogens (tertiary/aromatic N) is 1. The van der Waals surface area contributed by atoms with Crippen molar-refractivity contribution in [1.29, 1.82) is 0 Å². The van der Waals surface area contributed by atoms with E-state index in [4.69, 9.17) is 0 Å². The first-order valence-corrected chi connectivity index (χ1v) is 8.55. The number of hydrogen-bond donors (Lipinski definition) is 0. The van der Waals surface area contributed by atoms with E-state index in [0.717, 1.165) is 25.7 Å². The van der Waals surface area contributed by atoms with Crippen molar-refractivity contribution in [3.05, 3.63) is 23.3 Å². The minimum Gasteiger partial charge on any atom is -0.342 e. The maximum Gasteiger partial charge on any atom is 0.222 e. The predicted molar refractivity (Wildman–Crippen MR) is 81.2 cm³/mol. The van der Waals surface area contributed by atoms with Crippen LogP contribution in [0.1, 0.15) is 39.0 Å². The van der Waals surface area contributed by atoms with Gasteiger partial charge in [0, 0.05) is 30.2 Å². The van der Waals surface area contributed by atoms with Crippen LogP contribution in [0.4, 0.5) is 0 Å². The third-order valence-electron chi connectivity index (χ3n) is 5.35. The van der Waals surface area contributed by atoms with Crippen LogP contribution < -0.4 is 0 Å². The van der Waals surface area contributed by atoms with Crippen LogP contribution in [0.15, 0.2) is 23.3 Å². The summed E-state index contributed by atoms with van der Waals surface area (Å²) >= 11 is 1.95. The minimum absolute atomic E-state index is 0.191. The number of amides is 1. The van der Waals surface area contributed by atoms with E-state index in [9.17, 15) is 4.79 Å². The van der Waals surface area contributed by atoms with Crippen molar-refractivity contribution in [1.82, 2.24) is 4.90 Å². The Balaban J connectivity index is 1.95. The predicted octanol–water partition coefficient (Wildman–Crippen LogP) is 3.40. The van der Waals surface area contributed by atoms with Crippen molar-refractivity contribution < 1.29 is 4.79 Å². The van der Waals surface area contributed by atoms with Gasteiger partial charge in [-0.2, -0.15) is 11.8 Å². The maximum atomic E-state index is 11.9. The van der Waals surface area contributed by atoms with Gasteiger partial charge in [0.05, 0.1) is 0 Å². The molecule has 1 unspecified atom stereocenters. The third kappa shape index (κ3) is 1.97. The Morgan fingerprint density at radius 1 is 1.42 bits per heavy atom. The molecule has 0 N–H and O–H groups in total. The minimum atomic E-state index is 0.191. The van der Waals surface area contributed by atoms with Crippen molar-refractivity contribution in [2.24, 2.45) is 5.41 Å². The van der Waals surface area contributed by atoms with E-state index in [1.807, 2.05) is 23.7 Å². The molecule has 1 saturated heterocycles. The van der Waals surface area contributed by atoms with Gasteiger partial charge in [-0.05, 0) is 43.1 Å². The van der Waals surface area contributed by atoms with Crippen molar-refractivity contribution >= 4 is 17.7 Å². The lowest BCUT2D eigenvalue weighted by atomic mass is 9.60. The van der Waals surface area contributed by atoms with E-state index >= 15 is 0 Å². The van der Waals surface area contributed by atoms with Gasteiger partial charge in [0.25, 0.3) is 0 Å². The zero-order valence-electron chi connectivity index (χ0n) is 12.1. The van der Waals surface area contributed by atoms with E-state index < -0.39 is 0 Å². The molecule has 19 heavy (non-hydrogen) atoms. The van der Waals surface area contributed by atoms with Crippen LogP contribution in [0, 0.1) is 5.41 Å². The second-order valence-corrected chi connectivity index (χ2v) is 7.37. The van der Waals surface area contributed by atoms with E-state index in [1.165, 1.54) is 0 Å². The van der Waals surface area contributed by atoms with E-state index in [2.05, 4.69) is 25.3 Å². The molecule has 104 valence electrons. The standard InChI is InChI=1S/C16H23NOS/c1-16-9-8-15(18)17(2)14(16)7-4-11-10-12(19-3)5-6-13(11)16/h6,10,12,14H,4-5,7-9H2,1-3H3/t12?,14-,16-/m1/s1. The lowest BCUT2D eigenvalue weighted by molar-refractivity contribution is -0.139. The zero-order valence-corrected chi connectivity index (χ0v) is 12.9. The first-order valence-electron chi connectivity index (χ1n) is 7.26. The molecule has 1 aliphatic heterocycles. The molecule has 1 amide bonds. The Labute approximate surface area is 120 Å². The Bertz CT molecular complexity index is 467. The molecular formula is C16H23NOS. The maximum absolute atomic E-state index is 11.9. The van der Waals surface area contributed by atoms with Gasteiger partial charge in [-0.3, -0.25) is 4.79 Å². The first kappa shape index (κ1) is 13.3. The van der Waals surface area contributed by atoms with Gasteiger partial charge in [-0.15, -0.1) is 0 Å². The number of piperidine rings is 1. The van der Waals surface area contributed by atoms with E-state index in [0.29, 0.717) is 23.6 Å². The fourth-order valence-electron chi connectivity index (χ4n) is 4.16. The molecule has 2 nitrogen and oxygen atoms in total. The molecule has 1 heterocycles. The van der Waals surface area contributed by atoms with Crippen molar-refractivity contribution in [2.45, 2.75) is 50.3 Å². The van der Waals surface area contributed by atoms with Crippen LogP contribution in [0.2, 0.25) is 0 Å². The molecule has 3 heteroatoms. The number of thioether (sulfide) groups is 1. The van der Waals surface area contributed by atoms with Crippen molar-refractivity contribution in [3.63, 3.8) is 0 Å². The number of hydrogen-bond acceptors (Lipinski definition) is 2. The smallest absolute Gasteiger partial charge is 0.222 e. The number of fused-ring (bicyclic) bond motifs is 3. The highest BCUT2D eigenvalue weighted by molar-refractivity contribution is 7.99. The lowest BCUT2D eigenvalue weighted by Crippen LogP contribution is -2.54. The topological polar surface area (TPSA) is 20.3 Å². The third-order valence-corrected chi connectivity index (χ3v) is 6.28. The molecule has 0 radical (unpaired) electrons. The van der Waals surface area contributed by atoms with Crippen LogP contribution >= 0.6 is 11.8 Å². The summed E-state index contributed by atoms with van der Waals surface area (Å²) in [6.07, 6.45) is 12.3. The number of rotatable bonds is 1. The molecule has 0 aromatic carbocycles. The molecule has 2 aliphatic carbocycles. The van der Waals surface area contributed by atoms with Gasteiger partial charge in [0.15, 0.2) is 0 Å². The second kappa shape index (κ2) is 4.69. The van der Waals surface area contributed by atoms with E-state index in [1.54, 1.807) is 11.1 Å². The molecule has 3 aliphatic rings. The highest BCUT2D eigenvalue weighted by Gasteiger charge is 2.48. The highest BCUT2D eigenvalue weighted by atomic mass is 32.2. The lowest BCUT2D eigenvalue weighted by Gasteiger charge is -2.52. The van der Waals surface area contributed by atoms with Gasteiger partial charge in [-0.1, -0.05) is 19.1 Å². The summed E-state index contributed by atoms with van der Waals surface area (Å²) in [7, 11) is 1.99. The summed E-state index contributed by atoms with van der Waals surface area (Å²) < 4.78 is 0. The molecular weight excluding hydrogens is 254 g/mol. The summed E-state index contributed by atoms with van der Waals surface area (Å²) in [4.78, 5) is 14.0. The Kier molecular flexibility index (Phi) is 3.28. The summed E-state index contributed by atoms with van der Waals surface area (Å²) in [5.74, 6) is 0.327. The fraction of sp³-hybridized carbons (Fsp3) is 0.688. The largest absolute Gasteiger partial charge is 0.342 e. The molecule has 1 saturated carbocycles. The van der Waals surface area contributed by atoms with Crippen LogP contribution in [0.25, 0.3) is 0 Å². The van der Waals surface area contributed by atoms with Crippen LogP contribution in [0.5, 0.6) is 0 Å². The number of carbonyl (C=O) groups is 1. The van der Waals surface area contributed by atoms with Gasteiger partial charge < -0.3 is 4.90 Å². The average molecular weight is 277 g/mol. The van der Waals surface area contributed by atoms with Gasteiger partial charge >= 0.3 is 0 Å². The molecule has 0 aromatic heterocycles. The van der Waals surface area contributed by atoms with Crippen LogP contribution in [-0.2, 0) is 4.79 Å². The Morgan fingerprint density at radius 2 is 2.21 bits per heavy atom. The molecule has 3 atom stereocenters. The van der Waals surface area contributed by atoms with Crippen molar-refractivity contribution in [3.8, 4) is 0 Å².